The van der Waals surface area contributed by atoms with Gasteiger partial charge in [-0.3, -0.25) is 9.59 Å². The molecule has 3 rings (SSSR count). The first-order chi connectivity index (χ1) is 13.9. The number of rotatable bonds is 5. The molecule has 0 aliphatic carbocycles. The first-order valence-electron chi connectivity index (χ1n) is 8.90. The molecule has 0 bridgehead atoms. The number of hydrogen-bond acceptors (Lipinski definition) is 7. The lowest BCUT2D eigenvalue weighted by molar-refractivity contribution is -0.129. The summed E-state index contributed by atoms with van der Waals surface area (Å²) >= 11 is 1.28. The predicted molar refractivity (Wildman–Crippen MR) is 108 cm³/mol. The number of benzene rings is 1. The van der Waals surface area contributed by atoms with Crippen LogP contribution >= 0.6 is 11.3 Å². The van der Waals surface area contributed by atoms with Gasteiger partial charge in [0.25, 0.3) is 5.91 Å². The number of carbonyl (C=O) groups excluding carboxylic acids is 3. The van der Waals surface area contributed by atoms with E-state index in [-0.39, 0.29) is 5.91 Å². The highest BCUT2D eigenvalue weighted by Crippen LogP contribution is 2.38. The van der Waals surface area contributed by atoms with Gasteiger partial charge in [-0.05, 0) is 24.1 Å². The molecular formula is C20H22N2O6S. The molecule has 9 heteroatoms. The van der Waals surface area contributed by atoms with Gasteiger partial charge in [-0.1, -0.05) is 0 Å². The minimum atomic E-state index is -0.516. The molecule has 1 aliphatic heterocycles. The van der Waals surface area contributed by atoms with Crippen LogP contribution in [0.4, 0.5) is 5.00 Å². The number of nitrogens with zero attached hydrogens (tertiary/aromatic N) is 1. The number of ether oxygens (including phenoxy) is 3. The molecule has 154 valence electrons. The van der Waals surface area contributed by atoms with Crippen molar-refractivity contribution in [3.63, 3.8) is 0 Å². The third-order valence-electron chi connectivity index (χ3n) is 4.73. The van der Waals surface area contributed by atoms with Gasteiger partial charge in [0.05, 0.1) is 33.4 Å². The van der Waals surface area contributed by atoms with Crippen LogP contribution < -0.4 is 14.8 Å². The van der Waals surface area contributed by atoms with Crippen molar-refractivity contribution in [2.24, 2.45) is 0 Å². The summed E-state index contributed by atoms with van der Waals surface area (Å²) in [7, 11) is 4.30. The van der Waals surface area contributed by atoms with Gasteiger partial charge in [0.15, 0.2) is 0 Å². The van der Waals surface area contributed by atoms with Gasteiger partial charge < -0.3 is 24.4 Å². The number of anilines is 1. The molecule has 2 amide bonds. The summed E-state index contributed by atoms with van der Waals surface area (Å²) < 4.78 is 15.3. The Kier molecular flexibility index (Phi) is 6.07. The van der Waals surface area contributed by atoms with Gasteiger partial charge in [0, 0.05) is 30.0 Å². The Balaban J connectivity index is 1.96. The molecule has 8 nitrogen and oxygen atoms in total. The normalized spacial score (nSPS) is 12.8. The third kappa shape index (κ3) is 4.19. The van der Waals surface area contributed by atoms with E-state index in [9.17, 15) is 14.4 Å². The molecular weight excluding hydrogens is 396 g/mol. The zero-order valence-electron chi connectivity index (χ0n) is 16.7. The number of carbonyl (C=O) groups is 3. The van der Waals surface area contributed by atoms with E-state index in [1.807, 2.05) is 0 Å². The summed E-state index contributed by atoms with van der Waals surface area (Å²) in [6, 6.07) is 4.83. The summed E-state index contributed by atoms with van der Waals surface area (Å²) in [4.78, 5) is 39.6. The Morgan fingerprint density at radius 1 is 1.07 bits per heavy atom. The van der Waals surface area contributed by atoms with Crippen LogP contribution in [0.25, 0.3) is 0 Å². The van der Waals surface area contributed by atoms with Crippen LogP contribution in [0.2, 0.25) is 0 Å². The van der Waals surface area contributed by atoms with Gasteiger partial charge >= 0.3 is 5.97 Å². The average molecular weight is 418 g/mol. The van der Waals surface area contributed by atoms with E-state index in [0.29, 0.717) is 47.1 Å². The van der Waals surface area contributed by atoms with E-state index in [0.717, 1.165) is 10.4 Å². The highest BCUT2D eigenvalue weighted by atomic mass is 32.1. The molecule has 1 N–H and O–H groups in total. The zero-order chi connectivity index (χ0) is 21.1. The average Bonchev–Trinajstić information content (AvgIpc) is 3.09. The van der Waals surface area contributed by atoms with Crippen molar-refractivity contribution < 1.29 is 28.6 Å². The molecule has 0 spiro atoms. The Morgan fingerprint density at radius 2 is 1.72 bits per heavy atom. The zero-order valence-corrected chi connectivity index (χ0v) is 17.5. The fourth-order valence-electron chi connectivity index (χ4n) is 3.19. The van der Waals surface area contributed by atoms with Crippen LogP contribution in [0.5, 0.6) is 11.5 Å². The molecule has 2 heterocycles. The SMILES string of the molecule is COC(=O)c1c(NC(=O)c2cc(OC)cc(OC)c2)sc2c1CCN(C(C)=O)C2. The van der Waals surface area contributed by atoms with Crippen molar-refractivity contribution in [2.45, 2.75) is 19.9 Å². The summed E-state index contributed by atoms with van der Waals surface area (Å²) in [6.07, 6.45) is 0.526. The number of hydrogen-bond donors (Lipinski definition) is 1. The third-order valence-corrected chi connectivity index (χ3v) is 5.86. The lowest BCUT2D eigenvalue weighted by atomic mass is 10.0. The second kappa shape index (κ2) is 8.52. The summed E-state index contributed by atoms with van der Waals surface area (Å²) in [5.74, 6) is -0.0000630. The first-order valence-corrected chi connectivity index (χ1v) is 9.72. The molecule has 2 aromatic rings. The molecule has 0 radical (unpaired) electrons. The Labute approximate surface area is 172 Å². The lowest BCUT2D eigenvalue weighted by Crippen LogP contribution is -2.33. The maximum Gasteiger partial charge on any atom is 0.341 e. The van der Waals surface area contributed by atoms with Gasteiger partial charge in [-0.15, -0.1) is 11.3 Å². The maximum absolute atomic E-state index is 12.9. The fraction of sp³-hybridized carbons (Fsp3) is 0.350. The number of thiophene rings is 1. The quantitative estimate of drug-likeness (QED) is 0.751. The second-order valence-electron chi connectivity index (χ2n) is 6.45. The van der Waals surface area contributed by atoms with Crippen LogP contribution in [0.3, 0.4) is 0 Å². The van der Waals surface area contributed by atoms with Gasteiger partial charge in [-0.2, -0.15) is 0 Å². The Hall–Kier alpha value is -3.07. The molecule has 0 saturated heterocycles. The number of nitrogens with one attached hydrogen (secondary N) is 1. The van der Waals surface area contributed by atoms with Crippen molar-refractivity contribution in [1.29, 1.82) is 0 Å². The van der Waals surface area contributed by atoms with Gasteiger partial charge in [0.1, 0.15) is 16.5 Å². The summed E-state index contributed by atoms with van der Waals surface area (Å²) in [5.41, 5.74) is 1.49. The number of amides is 2. The molecule has 0 unspecified atom stereocenters. The van der Waals surface area contributed by atoms with Crippen molar-refractivity contribution >= 4 is 34.1 Å². The molecule has 0 fully saturated rings. The summed E-state index contributed by atoms with van der Waals surface area (Å²) in [6.45, 7) is 2.43. The number of fused-ring (bicyclic) bond motifs is 1. The number of methoxy groups -OCH3 is 3. The monoisotopic (exact) mass is 418 g/mol. The van der Waals surface area contributed by atoms with E-state index >= 15 is 0 Å². The van der Waals surface area contributed by atoms with E-state index in [4.69, 9.17) is 14.2 Å². The van der Waals surface area contributed by atoms with E-state index in [1.165, 1.54) is 39.6 Å². The largest absolute Gasteiger partial charge is 0.497 e. The van der Waals surface area contributed by atoms with Crippen LogP contribution in [-0.4, -0.2) is 50.6 Å². The minimum absolute atomic E-state index is 0.0299. The molecule has 1 aromatic carbocycles. The van der Waals surface area contributed by atoms with Crippen molar-refractivity contribution in [1.82, 2.24) is 4.90 Å². The van der Waals surface area contributed by atoms with E-state index < -0.39 is 11.9 Å². The highest BCUT2D eigenvalue weighted by molar-refractivity contribution is 7.17. The summed E-state index contributed by atoms with van der Waals surface area (Å²) in [5, 5.41) is 3.21. The molecule has 1 aliphatic rings. The molecule has 0 saturated carbocycles. The second-order valence-corrected chi connectivity index (χ2v) is 7.55. The molecule has 1 aromatic heterocycles. The Bertz CT molecular complexity index is 946. The minimum Gasteiger partial charge on any atom is -0.497 e. The Morgan fingerprint density at radius 3 is 2.28 bits per heavy atom. The number of esters is 1. The van der Waals surface area contributed by atoms with E-state index in [1.54, 1.807) is 23.1 Å². The standard InChI is InChI=1S/C20H22N2O6S/c1-11(23)22-6-5-15-16(10-22)29-19(17(15)20(25)28-4)21-18(24)12-7-13(26-2)9-14(8-12)27-3/h7-9H,5-6,10H2,1-4H3,(H,21,24). The van der Waals surface area contributed by atoms with Crippen LogP contribution in [0.1, 0.15) is 38.1 Å². The lowest BCUT2D eigenvalue weighted by Gasteiger charge is -2.25. The molecule has 29 heavy (non-hydrogen) atoms. The van der Waals surface area contributed by atoms with Crippen LogP contribution in [-0.2, 0) is 22.5 Å². The van der Waals surface area contributed by atoms with E-state index in [2.05, 4.69) is 5.32 Å². The van der Waals surface area contributed by atoms with Crippen molar-refractivity contribution in [3.05, 3.63) is 39.8 Å². The highest BCUT2D eigenvalue weighted by Gasteiger charge is 2.30. The fourth-order valence-corrected chi connectivity index (χ4v) is 4.44. The molecule has 0 atom stereocenters. The van der Waals surface area contributed by atoms with Crippen LogP contribution in [0.15, 0.2) is 18.2 Å². The van der Waals surface area contributed by atoms with Crippen molar-refractivity contribution in [2.75, 3.05) is 33.2 Å². The van der Waals surface area contributed by atoms with Gasteiger partial charge in [-0.25, -0.2) is 4.79 Å². The predicted octanol–water partition coefficient (Wildman–Crippen LogP) is 2.71. The van der Waals surface area contributed by atoms with Gasteiger partial charge in [0.2, 0.25) is 5.91 Å². The maximum atomic E-state index is 12.9. The topological polar surface area (TPSA) is 94.2 Å². The van der Waals surface area contributed by atoms with Crippen molar-refractivity contribution in [3.8, 4) is 11.5 Å². The first kappa shape index (κ1) is 20.7. The smallest absolute Gasteiger partial charge is 0.341 e. The van der Waals surface area contributed by atoms with Crippen LogP contribution in [0, 0.1) is 0 Å².